The van der Waals surface area contributed by atoms with E-state index >= 15 is 0 Å². The first-order chi connectivity index (χ1) is 15.7. The molecule has 3 N–H and O–H groups in total. The van der Waals surface area contributed by atoms with Gasteiger partial charge in [-0.1, -0.05) is 19.1 Å². The fraction of sp³-hybridized carbons (Fsp3) is 0.478. The Balaban J connectivity index is 2.25. The molecule has 9 nitrogen and oxygen atoms in total. The second kappa shape index (κ2) is 12.3. The molecule has 10 heteroatoms. The fourth-order valence-corrected chi connectivity index (χ4v) is 3.58. The molecule has 1 aromatic carbocycles. The maximum Gasteiger partial charge on any atom is 0.247 e. The van der Waals surface area contributed by atoms with Crippen molar-refractivity contribution in [1.82, 2.24) is 15.2 Å². The molecule has 0 unspecified atom stereocenters. The lowest BCUT2D eigenvalue weighted by Gasteiger charge is -2.34. The number of methoxy groups -OCH3 is 1. The Bertz CT molecular complexity index is 915. The van der Waals surface area contributed by atoms with Crippen LogP contribution in [0.5, 0.6) is 5.75 Å². The third-order valence-corrected chi connectivity index (χ3v) is 5.90. The topological polar surface area (TPSA) is 121 Å². The van der Waals surface area contributed by atoms with Crippen molar-refractivity contribution >= 4 is 34.2 Å². The van der Waals surface area contributed by atoms with Gasteiger partial charge in [0.1, 0.15) is 11.8 Å². The van der Waals surface area contributed by atoms with Crippen molar-refractivity contribution in [3.05, 3.63) is 41.4 Å². The zero-order valence-electron chi connectivity index (χ0n) is 19.5. The van der Waals surface area contributed by atoms with E-state index in [4.69, 9.17) is 4.74 Å². The highest BCUT2D eigenvalue weighted by Crippen LogP contribution is 2.26. The lowest BCUT2D eigenvalue weighted by molar-refractivity contribution is -0.142. The molecule has 1 heterocycles. The number of amides is 3. The van der Waals surface area contributed by atoms with Gasteiger partial charge in [0.15, 0.2) is 5.13 Å². The smallest absolute Gasteiger partial charge is 0.247 e. The summed E-state index contributed by atoms with van der Waals surface area (Å²) < 4.78 is 5.17. The number of hydrogen-bond donors (Lipinski definition) is 3. The van der Waals surface area contributed by atoms with Gasteiger partial charge in [-0.15, -0.1) is 11.3 Å². The van der Waals surface area contributed by atoms with Crippen LogP contribution in [0.4, 0.5) is 5.13 Å². The van der Waals surface area contributed by atoms with Crippen molar-refractivity contribution < 1.29 is 24.2 Å². The number of rotatable bonds is 12. The second-order valence-corrected chi connectivity index (χ2v) is 9.08. The van der Waals surface area contributed by atoms with Gasteiger partial charge in [0, 0.05) is 43.6 Å². The lowest BCUT2D eigenvalue weighted by atomic mass is 9.98. The van der Waals surface area contributed by atoms with Crippen molar-refractivity contribution in [1.29, 1.82) is 0 Å². The van der Waals surface area contributed by atoms with Crippen LogP contribution in [0.25, 0.3) is 0 Å². The highest BCUT2D eigenvalue weighted by molar-refractivity contribution is 7.13. The molecule has 1 atom stereocenters. The molecule has 180 valence electrons. The molecule has 0 aliphatic rings. The minimum Gasteiger partial charge on any atom is -0.508 e. The van der Waals surface area contributed by atoms with E-state index in [1.165, 1.54) is 35.5 Å². The number of benzene rings is 1. The van der Waals surface area contributed by atoms with Gasteiger partial charge in [-0.2, -0.15) is 0 Å². The molecule has 0 radical (unpaired) electrons. The largest absolute Gasteiger partial charge is 0.508 e. The number of carbonyl (C=O) groups is 3. The zero-order valence-corrected chi connectivity index (χ0v) is 20.3. The molecule has 0 aliphatic heterocycles. The van der Waals surface area contributed by atoms with Crippen molar-refractivity contribution in [3.8, 4) is 5.75 Å². The van der Waals surface area contributed by atoms with Crippen LogP contribution in [0.15, 0.2) is 35.8 Å². The Kier molecular flexibility index (Phi) is 9.80. The van der Waals surface area contributed by atoms with Crippen LogP contribution in [0.3, 0.4) is 0 Å². The van der Waals surface area contributed by atoms with Crippen molar-refractivity contribution in [2.75, 3.05) is 25.6 Å². The summed E-state index contributed by atoms with van der Waals surface area (Å²) in [6, 6.07) is 5.23. The third kappa shape index (κ3) is 8.14. The SMILES string of the molecule is CCC(C)(C)NC(=O)[C@H](c1ccc(O)cc1)N(CCOC)C(=O)CCC(=O)Nc1nccs1. The van der Waals surface area contributed by atoms with Gasteiger partial charge in [-0.3, -0.25) is 14.4 Å². The fourth-order valence-electron chi connectivity index (χ4n) is 3.04. The zero-order chi connectivity index (χ0) is 24.4. The van der Waals surface area contributed by atoms with Crippen molar-refractivity contribution in [3.63, 3.8) is 0 Å². The molecule has 0 bridgehead atoms. The van der Waals surface area contributed by atoms with E-state index in [1.54, 1.807) is 23.7 Å². The highest BCUT2D eigenvalue weighted by Gasteiger charge is 2.33. The van der Waals surface area contributed by atoms with Gasteiger partial charge in [0.25, 0.3) is 0 Å². The number of carbonyl (C=O) groups excluding carboxylic acids is 3. The minimum absolute atomic E-state index is 0.0493. The van der Waals surface area contributed by atoms with Crippen LogP contribution in [0, 0.1) is 0 Å². The van der Waals surface area contributed by atoms with E-state index in [2.05, 4.69) is 15.6 Å². The first-order valence-corrected chi connectivity index (χ1v) is 11.6. The summed E-state index contributed by atoms with van der Waals surface area (Å²) in [5, 5.41) is 17.6. The molecular weight excluding hydrogens is 444 g/mol. The molecule has 3 amide bonds. The van der Waals surface area contributed by atoms with Crippen molar-refractivity contribution in [2.24, 2.45) is 0 Å². The van der Waals surface area contributed by atoms with Gasteiger partial charge in [-0.25, -0.2) is 4.98 Å². The summed E-state index contributed by atoms with van der Waals surface area (Å²) in [5.74, 6) is -0.976. The van der Waals surface area contributed by atoms with Gasteiger partial charge in [0.2, 0.25) is 17.7 Å². The Morgan fingerprint density at radius 2 is 1.91 bits per heavy atom. The third-order valence-electron chi connectivity index (χ3n) is 5.22. The molecule has 0 spiro atoms. The maximum absolute atomic E-state index is 13.4. The second-order valence-electron chi connectivity index (χ2n) is 8.19. The Labute approximate surface area is 198 Å². The number of nitrogens with one attached hydrogen (secondary N) is 2. The molecule has 2 rings (SSSR count). The van der Waals surface area contributed by atoms with Crippen LogP contribution in [0.2, 0.25) is 0 Å². The molecule has 0 fully saturated rings. The first-order valence-electron chi connectivity index (χ1n) is 10.8. The van der Waals surface area contributed by atoms with Gasteiger partial charge < -0.3 is 25.4 Å². The number of ether oxygens (including phenoxy) is 1. The van der Waals surface area contributed by atoms with Gasteiger partial charge in [-0.05, 0) is 38.0 Å². The standard InChI is InChI=1S/C23H32N4O5S/c1-5-23(2,3)26-21(31)20(16-6-8-17(28)9-7-16)27(13-14-32-4)19(30)11-10-18(29)25-22-24-12-15-33-22/h6-9,12,15,20,28H,5,10-11,13-14H2,1-4H3,(H,26,31)(H,24,25,29)/t20-/m0/s1. The van der Waals surface area contributed by atoms with E-state index in [0.29, 0.717) is 17.1 Å². The number of nitrogens with zero attached hydrogens (tertiary/aromatic N) is 2. The monoisotopic (exact) mass is 476 g/mol. The average molecular weight is 477 g/mol. The number of aromatic nitrogens is 1. The molecule has 1 aromatic heterocycles. The molecular formula is C23H32N4O5S. The summed E-state index contributed by atoms with van der Waals surface area (Å²) >= 11 is 1.29. The summed E-state index contributed by atoms with van der Waals surface area (Å²) in [5.41, 5.74) is 0.0735. The van der Waals surface area contributed by atoms with E-state index < -0.39 is 11.6 Å². The normalized spacial score (nSPS) is 12.1. The van der Waals surface area contributed by atoms with E-state index in [1.807, 2.05) is 20.8 Å². The lowest BCUT2D eigenvalue weighted by Crippen LogP contribution is -2.51. The number of hydrogen-bond acceptors (Lipinski definition) is 7. The number of phenols is 1. The Morgan fingerprint density at radius 3 is 2.48 bits per heavy atom. The Hall–Kier alpha value is -2.98. The van der Waals surface area contributed by atoms with Gasteiger partial charge >= 0.3 is 0 Å². The predicted molar refractivity (Wildman–Crippen MR) is 127 cm³/mol. The van der Waals surface area contributed by atoms with Crippen LogP contribution in [0.1, 0.15) is 51.6 Å². The predicted octanol–water partition coefficient (Wildman–Crippen LogP) is 3.09. The summed E-state index contributed by atoms with van der Waals surface area (Å²) in [6.45, 7) is 6.15. The van der Waals surface area contributed by atoms with Crippen molar-refractivity contribution in [2.45, 2.75) is 51.6 Å². The van der Waals surface area contributed by atoms with Crippen LogP contribution >= 0.6 is 11.3 Å². The van der Waals surface area contributed by atoms with E-state index in [-0.39, 0.29) is 49.5 Å². The number of thiazole rings is 1. The Morgan fingerprint density at radius 1 is 1.21 bits per heavy atom. The highest BCUT2D eigenvalue weighted by atomic mass is 32.1. The van der Waals surface area contributed by atoms with E-state index in [0.717, 1.165) is 0 Å². The molecule has 0 saturated heterocycles. The van der Waals surface area contributed by atoms with Crippen LogP contribution in [-0.4, -0.2) is 58.5 Å². The minimum atomic E-state index is -0.943. The summed E-state index contributed by atoms with van der Waals surface area (Å²) in [4.78, 5) is 44.3. The van der Waals surface area contributed by atoms with Gasteiger partial charge in [0.05, 0.1) is 6.61 Å². The number of anilines is 1. The maximum atomic E-state index is 13.4. The molecule has 0 aliphatic carbocycles. The van der Waals surface area contributed by atoms with E-state index in [9.17, 15) is 19.5 Å². The quantitative estimate of drug-likeness (QED) is 0.433. The summed E-state index contributed by atoms with van der Waals surface area (Å²) in [6.07, 6.45) is 2.15. The average Bonchev–Trinajstić information content (AvgIpc) is 3.28. The molecule has 0 saturated carbocycles. The number of phenolic OH excluding ortho intramolecular Hbond substituents is 1. The molecule has 2 aromatic rings. The first kappa shape index (κ1) is 26.3. The molecule has 33 heavy (non-hydrogen) atoms. The summed E-state index contributed by atoms with van der Waals surface area (Å²) in [7, 11) is 1.51. The number of aromatic hydroxyl groups is 1. The van der Waals surface area contributed by atoms with Crippen LogP contribution in [-0.2, 0) is 19.1 Å². The van der Waals surface area contributed by atoms with Crippen LogP contribution < -0.4 is 10.6 Å².